The van der Waals surface area contributed by atoms with Crippen LogP contribution < -0.4 is 4.72 Å². The molecule has 0 bridgehead atoms. The van der Waals surface area contributed by atoms with Gasteiger partial charge in [0, 0.05) is 31.4 Å². The van der Waals surface area contributed by atoms with Gasteiger partial charge in [-0.05, 0) is 56.5 Å². The minimum absolute atomic E-state index is 0.272. The molecule has 2 aromatic carbocycles. The van der Waals surface area contributed by atoms with E-state index < -0.39 is 10.0 Å². The number of fused-ring (bicyclic) bond motifs is 1. The van der Waals surface area contributed by atoms with Gasteiger partial charge in [0.15, 0.2) is 0 Å². The molecule has 1 aliphatic rings. The van der Waals surface area contributed by atoms with Crippen molar-refractivity contribution >= 4 is 15.7 Å². The standard InChI is InChI=1S/C27H30N4O2S/c1-21-12-14-24(15-13-21)34(32,33)28-18-22-8-7-16-30(19-22)20-25-27(23-9-3-2-4-10-23)29-26-11-5-6-17-31(25)26/h2-6,9-15,17,22,28H,7-8,16,18-20H2,1H3. The molecule has 5 rings (SSSR count). The van der Waals surface area contributed by atoms with Gasteiger partial charge < -0.3 is 4.40 Å². The second-order valence-corrected chi connectivity index (χ2v) is 10.9. The van der Waals surface area contributed by atoms with Gasteiger partial charge in [0.25, 0.3) is 0 Å². The zero-order valence-electron chi connectivity index (χ0n) is 19.4. The molecule has 1 aliphatic heterocycles. The number of hydrogen-bond acceptors (Lipinski definition) is 4. The summed E-state index contributed by atoms with van der Waals surface area (Å²) in [5.74, 6) is 0.272. The molecule has 1 saturated heterocycles. The molecule has 1 N–H and O–H groups in total. The van der Waals surface area contributed by atoms with Crippen molar-refractivity contribution in [2.75, 3.05) is 19.6 Å². The van der Waals surface area contributed by atoms with Gasteiger partial charge in [-0.3, -0.25) is 4.90 Å². The number of pyridine rings is 1. The maximum absolute atomic E-state index is 12.7. The van der Waals surface area contributed by atoms with Crippen LogP contribution in [0.25, 0.3) is 16.9 Å². The van der Waals surface area contributed by atoms with Gasteiger partial charge in [-0.25, -0.2) is 18.1 Å². The third-order valence-corrected chi connectivity index (χ3v) is 7.99. The Kier molecular flexibility index (Phi) is 6.50. The second-order valence-electron chi connectivity index (χ2n) is 9.11. The molecule has 0 spiro atoms. The van der Waals surface area contributed by atoms with E-state index in [4.69, 9.17) is 4.98 Å². The maximum Gasteiger partial charge on any atom is 0.240 e. The van der Waals surface area contributed by atoms with Crippen molar-refractivity contribution in [3.8, 4) is 11.3 Å². The molecule has 34 heavy (non-hydrogen) atoms. The highest BCUT2D eigenvalue weighted by Crippen LogP contribution is 2.27. The van der Waals surface area contributed by atoms with Crippen molar-refractivity contribution in [2.24, 2.45) is 5.92 Å². The number of likely N-dealkylation sites (tertiary alicyclic amines) is 1. The predicted octanol–water partition coefficient (Wildman–Crippen LogP) is 4.50. The molecule has 1 unspecified atom stereocenters. The zero-order chi connectivity index (χ0) is 23.5. The highest BCUT2D eigenvalue weighted by atomic mass is 32.2. The second kappa shape index (κ2) is 9.70. The Morgan fingerprint density at radius 1 is 1.00 bits per heavy atom. The first-order valence-electron chi connectivity index (χ1n) is 11.8. The summed E-state index contributed by atoms with van der Waals surface area (Å²) in [6.07, 6.45) is 4.14. The smallest absolute Gasteiger partial charge is 0.240 e. The number of nitrogens with one attached hydrogen (secondary N) is 1. The van der Waals surface area contributed by atoms with Crippen LogP contribution in [0.5, 0.6) is 0 Å². The number of aryl methyl sites for hydroxylation is 1. The molecule has 4 aromatic rings. The van der Waals surface area contributed by atoms with Crippen LogP contribution in [0, 0.1) is 12.8 Å². The molecule has 3 heterocycles. The Balaban J connectivity index is 1.31. The van der Waals surface area contributed by atoms with Crippen LogP contribution in [-0.2, 0) is 16.6 Å². The van der Waals surface area contributed by atoms with Crippen LogP contribution in [0.1, 0.15) is 24.1 Å². The number of piperidine rings is 1. The van der Waals surface area contributed by atoms with Crippen molar-refractivity contribution in [1.82, 2.24) is 19.0 Å². The summed E-state index contributed by atoms with van der Waals surface area (Å²) >= 11 is 0. The Labute approximate surface area is 201 Å². The first-order chi connectivity index (χ1) is 16.5. The molecule has 0 saturated carbocycles. The average molecular weight is 475 g/mol. The monoisotopic (exact) mass is 474 g/mol. The van der Waals surface area contributed by atoms with Crippen molar-refractivity contribution in [3.05, 3.63) is 90.3 Å². The van der Waals surface area contributed by atoms with Gasteiger partial charge in [-0.15, -0.1) is 0 Å². The molecule has 6 nitrogen and oxygen atoms in total. The Morgan fingerprint density at radius 3 is 2.56 bits per heavy atom. The van der Waals surface area contributed by atoms with Crippen LogP contribution in [0.4, 0.5) is 0 Å². The largest absolute Gasteiger partial charge is 0.302 e. The molecule has 1 atom stereocenters. The number of aromatic nitrogens is 2. The average Bonchev–Trinajstić information content (AvgIpc) is 3.22. The fourth-order valence-electron chi connectivity index (χ4n) is 4.73. The summed E-state index contributed by atoms with van der Waals surface area (Å²) < 4.78 is 30.5. The molecule has 176 valence electrons. The summed E-state index contributed by atoms with van der Waals surface area (Å²) in [7, 11) is -3.50. The van der Waals surface area contributed by atoms with Crippen LogP contribution >= 0.6 is 0 Å². The van der Waals surface area contributed by atoms with E-state index in [1.807, 2.05) is 55.5 Å². The van der Waals surface area contributed by atoms with Gasteiger partial charge in [0.1, 0.15) is 5.65 Å². The van der Waals surface area contributed by atoms with Crippen LogP contribution in [0.3, 0.4) is 0 Å². The highest BCUT2D eigenvalue weighted by molar-refractivity contribution is 7.89. The van der Waals surface area contributed by atoms with Gasteiger partial charge in [0.05, 0.1) is 16.3 Å². The lowest BCUT2D eigenvalue weighted by molar-refractivity contribution is 0.167. The van der Waals surface area contributed by atoms with E-state index in [1.165, 1.54) is 5.69 Å². The Morgan fingerprint density at radius 2 is 1.76 bits per heavy atom. The lowest BCUT2D eigenvalue weighted by Crippen LogP contribution is -2.40. The summed E-state index contributed by atoms with van der Waals surface area (Å²) in [6, 6.07) is 23.4. The number of benzene rings is 2. The minimum Gasteiger partial charge on any atom is -0.302 e. The summed E-state index contributed by atoms with van der Waals surface area (Å²) in [5, 5.41) is 0. The molecule has 0 radical (unpaired) electrons. The van der Waals surface area contributed by atoms with Crippen molar-refractivity contribution < 1.29 is 8.42 Å². The summed E-state index contributed by atoms with van der Waals surface area (Å²) in [6.45, 7) is 5.02. The molecule has 1 fully saturated rings. The number of sulfonamides is 1. The van der Waals surface area contributed by atoms with E-state index in [9.17, 15) is 8.42 Å². The Hall–Kier alpha value is -3.00. The highest BCUT2D eigenvalue weighted by Gasteiger charge is 2.25. The van der Waals surface area contributed by atoms with E-state index in [2.05, 4.69) is 32.4 Å². The zero-order valence-corrected chi connectivity index (χ0v) is 20.2. The van der Waals surface area contributed by atoms with Crippen molar-refractivity contribution in [1.29, 1.82) is 0 Å². The fraction of sp³-hybridized carbons (Fsp3) is 0.296. The van der Waals surface area contributed by atoms with Gasteiger partial charge in [0.2, 0.25) is 10.0 Å². The molecule has 7 heteroatoms. The first-order valence-corrected chi connectivity index (χ1v) is 13.3. The molecular weight excluding hydrogens is 444 g/mol. The minimum atomic E-state index is -3.50. The SMILES string of the molecule is Cc1ccc(S(=O)(=O)NCC2CCCN(Cc3c(-c4ccccc4)nc4ccccn34)C2)cc1. The molecule has 2 aromatic heterocycles. The van der Waals surface area contributed by atoms with Gasteiger partial charge in [-0.1, -0.05) is 54.1 Å². The number of nitrogens with zero attached hydrogens (tertiary/aromatic N) is 3. The van der Waals surface area contributed by atoms with E-state index in [0.29, 0.717) is 11.4 Å². The first kappa shape index (κ1) is 22.8. The van der Waals surface area contributed by atoms with Crippen LogP contribution in [0.2, 0.25) is 0 Å². The summed E-state index contributed by atoms with van der Waals surface area (Å²) in [5.41, 5.74) is 5.28. The number of rotatable bonds is 7. The lowest BCUT2D eigenvalue weighted by atomic mass is 9.98. The fourth-order valence-corrected chi connectivity index (χ4v) is 5.84. The maximum atomic E-state index is 12.7. The predicted molar refractivity (Wildman–Crippen MR) is 135 cm³/mol. The number of imidazole rings is 1. The van der Waals surface area contributed by atoms with E-state index in [0.717, 1.165) is 54.9 Å². The van der Waals surface area contributed by atoms with E-state index in [1.54, 1.807) is 12.1 Å². The normalized spacial score (nSPS) is 17.3. The van der Waals surface area contributed by atoms with Crippen LogP contribution in [0.15, 0.2) is 83.9 Å². The van der Waals surface area contributed by atoms with Gasteiger partial charge in [-0.2, -0.15) is 0 Å². The summed E-state index contributed by atoms with van der Waals surface area (Å²) in [4.78, 5) is 7.67. The van der Waals surface area contributed by atoms with E-state index >= 15 is 0 Å². The quantitative estimate of drug-likeness (QED) is 0.428. The van der Waals surface area contributed by atoms with Crippen molar-refractivity contribution in [2.45, 2.75) is 31.2 Å². The number of hydrogen-bond donors (Lipinski definition) is 1. The van der Waals surface area contributed by atoms with Gasteiger partial charge >= 0.3 is 0 Å². The Bertz CT molecular complexity index is 1370. The lowest BCUT2D eigenvalue weighted by Gasteiger charge is -2.32. The molecular formula is C27H30N4O2S. The third-order valence-electron chi connectivity index (χ3n) is 6.55. The topological polar surface area (TPSA) is 66.7 Å². The van der Waals surface area contributed by atoms with Crippen LogP contribution in [-0.4, -0.2) is 42.3 Å². The molecule has 0 aliphatic carbocycles. The van der Waals surface area contributed by atoms with E-state index in [-0.39, 0.29) is 5.92 Å². The van der Waals surface area contributed by atoms with Crippen molar-refractivity contribution in [3.63, 3.8) is 0 Å². The third kappa shape index (κ3) is 4.92. The molecule has 0 amide bonds.